The van der Waals surface area contributed by atoms with Gasteiger partial charge in [0.25, 0.3) is 0 Å². The zero-order valence-corrected chi connectivity index (χ0v) is 16.2. The summed E-state index contributed by atoms with van der Waals surface area (Å²) in [6.07, 6.45) is 5.17. The van der Waals surface area contributed by atoms with Crippen LogP contribution in [0.4, 0.5) is 4.79 Å². The number of aromatic hydroxyl groups is 1. The van der Waals surface area contributed by atoms with Crippen molar-refractivity contribution in [3.05, 3.63) is 64.0 Å². The van der Waals surface area contributed by atoms with Crippen molar-refractivity contribution in [2.24, 2.45) is 5.41 Å². The van der Waals surface area contributed by atoms with Crippen molar-refractivity contribution in [3.63, 3.8) is 0 Å². The zero-order valence-electron chi connectivity index (χ0n) is 15.5. The predicted molar refractivity (Wildman–Crippen MR) is 104 cm³/mol. The normalized spacial score (nSPS) is 26.6. The lowest BCUT2D eigenvalue weighted by atomic mass is 9.73. The number of nitrogens with zero attached hydrogens (tertiary/aromatic N) is 1. The summed E-state index contributed by atoms with van der Waals surface area (Å²) in [5.41, 5.74) is 4.19. The van der Waals surface area contributed by atoms with Crippen LogP contribution in [0, 0.1) is 5.41 Å². The first-order valence-corrected chi connectivity index (χ1v) is 9.61. The Labute approximate surface area is 164 Å². The number of hydrogen-bond acceptors (Lipinski definition) is 4. The molecule has 0 bridgehead atoms. The number of halogens is 1. The van der Waals surface area contributed by atoms with Crippen molar-refractivity contribution in [2.75, 3.05) is 13.2 Å². The molecule has 6 heteroatoms. The fourth-order valence-corrected chi connectivity index (χ4v) is 4.71. The lowest BCUT2D eigenvalue weighted by Gasteiger charge is -2.38. The highest BCUT2D eigenvalue weighted by atomic mass is 35.5. The van der Waals surface area contributed by atoms with Crippen LogP contribution in [-0.2, 0) is 4.74 Å². The van der Waals surface area contributed by atoms with E-state index in [0.717, 1.165) is 34.8 Å². The number of carbonyl (C=O) groups is 1. The summed E-state index contributed by atoms with van der Waals surface area (Å²) < 4.78 is 5.31. The van der Waals surface area contributed by atoms with E-state index in [2.05, 4.69) is 12.2 Å². The third-order valence-electron chi connectivity index (χ3n) is 5.71. The molecular weight excluding hydrogens is 364 g/mol. The minimum atomic E-state index is -0.325. The highest BCUT2D eigenvalue weighted by Crippen LogP contribution is 2.54. The topological polar surface area (TPSA) is 61.8 Å². The molecule has 0 saturated carbocycles. The summed E-state index contributed by atoms with van der Waals surface area (Å²) in [5, 5.41) is 14.1. The van der Waals surface area contributed by atoms with Crippen LogP contribution in [0.2, 0.25) is 0 Å². The molecule has 2 atom stereocenters. The Hall–Kier alpha value is -2.40. The zero-order chi connectivity index (χ0) is 19.2. The Balaban J connectivity index is 1.80. The molecule has 1 amide bonds. The van der Waals surface area contributed by atoms with Crippen LogP contribution < -0.4 is 5.32 Å². The van der Waals surface area contributed by atoms with Crippen LogP contribution in [0.3, 0.4) is 0 Å². The average Bonchev–Trinajstić information content (AvgIpc) is 2.93. The molecule has 1 aromatic carbocycles. The van der Waals surface area contributed by atoms with Crippen LogP contribution in [0.1, 0.15) is 38.3 Å². The van der Waals surface area contributed by atoms with E-state index in [9.17, 15) is 9.90 Å². The van der Waals surface area contributed by atoms with Crippen molar-refractivity contribution in [1.82, 2.24) is 10.2 Å². The first-order valence-electron chi connectivity index (χ1n) is 9.23. The number of nitrogens with one attached hydrogen (secondary N) is 1. The Morgan fingerprint density at radius 3 is 2.81 bits per heavy atom. The minimum Gasteiger partial charge on any atom is -0.508 e. The van der Waals surface area contributed by atoms with Crippen molar-refractivity contribution in [3.8, 4) is 5.75 Å². The van der Waals surface area contributed by atoms with Gasteiger partial charge in [0.1, 0.15) is 11.8 Å². The third kappa shape index (κ3) is 2.90. The quantitative estimate of drug-likeness (QED) is 0.781. The average molecular weight is 387 g/mol. The lowest BCUT2D eigenvalue weighted by Crippen LogP contribution is -2.42. The van der Waals surface area contributed by atoms with Gasteiger partial charge in [0.2, 0.25) is 0 Å². The Morgan fingerprint density at radius 1 is 1.37 bits per heavy atom. The number of phenols is 1. The maximum absolute atomic E-state index is 12.6. The second kappa shape index (κ2) is 6.64. The Bertz CT molecular complexity index is 872. The smallest absolute Gasteiger partial charge is 0.410 e. The van der Waals surface area contributed by atoms with E-state index in [1.807, 2.05) is 31.2 Å². The highest BCUT2D eigenvalue weighted by Gasteiger charge is 2.48. The number of allylic oxidation sites excluding steroid dienone is 4. The number of carbonyl (C=O) groups excluding carboxylic acids is 1. The summed E-state index contributed by atoms with van der Waals surface area (Å²) in [7, 11) is 0. The molecule has 2 heterocycles. The van der Waals surface area contributed by atoms with Crippen molar-refractivity contribution >= 4 is 17.7 Å². The lowest BCUT2D eigenvalue weighted by molar-refractivity contribution is 0.0918. The molecule has 1 aromatic rings. The van der Waals surface area contributed by atoms with Crippen LogP contribution in [0.15, 0.2) is 58.4 Å². The molecule has 5 nitrogen and oxygen atoms in total. The van der Waals surface area contributed by atoms with Gasteiger partial charge in [0.15, 0.2) is 0 Å². The second-order valence-electron chi connectivity index (χ2n) is 7.36. The predicted octanol–water partition coefficient (Wildman–Crippen LogP) is 4.57. The summed E-state index contributed by atoms with van der Waals surface area (Å²) in [4.78, 5) is 14.4. The third-order valence-corrected chi connectivity index (χ3v) is 5.97. The van der Waals surface area contributed by atoms with Gasteiger partial charge in [-0.05, 0) is 62.1 Å². The number of benzene rings is 1. The highest BCUT2D eigenvalue weighted by molar-refractivity contribution is 6.29. The molecular formula is C21H23ClN2O3. The maximum atomic E-state index is 12.6. The fourth-order valence-electron chi connectivity index (χ4n) is 4.38. The van der Waals surface area contributed by atoms with E-state index in [1.165, 1.54) is 5.57 Å². The van der Waals surface area contributed by atoms with Crippen molar-refractivity contribution in [1.29, 1.82) is 0 Å². The molecule has 0 radical (unpaired) electrons. The first-order chi connectivity index (χ1) is 12.9. The molecule has 27 heavy (non-hydrogen) atoms. The molecule has 4 rings (SSSR count). The van der Waals surface area contributed by atoms with Gasteiger partial charge in [-0.15, -0.1) is 0 Å². The number of hydrogen-bond donors (Lipinski definition) is 2. The molecule has 1 aliphatic carbocycles. The van der Waals surface area contributed by atoms with Crippen molar-refractivity contribution < 1.29 is 14.6 Å². The maximum Gasteiger partial charge on any atom is 0.410 e. The molecule has 2 N–H and O–H groups in total. The van der Waals surface area contributed by atoms with Gasteiger partial charge in [0.05, 0.1) is 6.61 Å². The number of rotatable bonds is 2. The van der Waals surface area contributed by atoms with Crippen molar-refractivity contribution in [2.45, 2.75) is 32.7 Å². The van der Waals surface area contributed by atoms with Gasteiger partial charge in [-0.1, -0.05) is 23.7 Å². The van der Waals surface area contributed by atoms with Gasteiger partial charge in [-0.3, -0.25) is 4.90 Å². The molecule has 0 aromatic heterocycles. The van der Waals surface area contributed by atoms with E-state index in [0.29, 0.717) is 13.2 Å². The van der Waals surface area contributed by atoms with Gasteiger partial charge < -0.3 is 15.2 Å². The molecule has 0 fully saturated rings. The number of fused-ring (bicyclic) bond motifs is 2. The summed E-state index contributed by atoms with van der Waals surface area (Å²) in [5.74, 6) is 0.199. The number of amides is 1. The standard InChI is InChI=1S/C21H23ClN2O3/c1-3-27-20(26)24-11-10-16-18(19(24)13-4-7-15(25)8-5-13)23-17-9-6-14(22)12-21(16,17)2/h4-9,19,23,25H,3,10-12H2,1-2H3. The van der Waals surface area contributed by atoms with E-state index < -0.39 is 0 Å². The summed E-state index contributed by atoms with van der Waals surface area (Å²) >= 11 is 6.35. The van der Waals surface area contributed by atoms with Crippen LogP contribution >= 0.6 is 11.6 Å². The van der Waals surface area contributed by atoms with Gasteiger partial charge in [0, 0.05) is 28.4 Å². The Kier molecular flexibility index (Phi) is 4.42. The molecule has 2 unspecified atom stereocenters. The van der Waals surface area contributed by atoms with Crippen LogP contribution in [-0.4, -0.2) is 29.3 Å². The first kappa shape index (κ1) is 18.0. The minimum absolute atomic E-state index is 0.170. The molecule has 0 saturated heterocycles. The fraction of sp³-hybridized carbons (Fsp3) is 0.381. The number of phenolic OH excluding ortho intramolecular Hbond substituents is 1. The van der Waals surface area contributed by atoms with Gasteiger partial charge in [-0.2, -0.15) is 0 Å². The molecule has 142 valence electrons. The SMILES string of the molecule is CCOC(=O)N1CCC2=C(NC3=CC=C(Cl)CC32C)C1c1ccc(O)cc1. The van der Waals surface area contributed by atoms with Crippen LogP contribution in [0.25, 0.3) is 0 Å². The molecule has 2 aliphatic heterocycles. The summed E-state index contributed by atoms with van der Waals surface area (Å²) in [6.45, 7) is 4.93. The van der Waals surface area contributed by atoms with E-state index >= 15 is 0 Å². The molecule has 0 spiro atoms. The largest absolute Gasteiger partial charge is 0.508 e. The van der Waals surface area contributed by atoms with E-state index in [-0.39, 0.29) is 23.3 Å². The van der Waals surface area contributed by atoms with Gasteiger partial charge in [-0.25, -0.2) is 4.79 Å². The second-order valence-corrected chi connectivity index (χ2v) is 7.84. The van der Waals surface area contributed by atoms with E-state index in [4.69, 9.17) is 16.3 Å². The Morgan fingerprint density at radius 2 is 2.11 bits per heavy atom. The van der Waals surface area contributed by atoms with E-state index in [1.54, 1.807) is 17.0 Å². The molecule has 3 aliphatic rings. The van der Waals surface area contributed by atoms with Gasteiger partial charge >= 0.3 is 6.09 Å². The monoisotopic (exact) mass is 386 g/mol. The van der Waals surface area contributed by atoms with Crippen LogP contribution in [0.5, 0.6) is 5.75 Å². The number of ether oxygens (including phenoxy) is 1. The summed E-state index contributed by atoms with van der Waals surface area (Å²) in [6, 6.07) is 6.72.